The molecule has 3 nitrogen and oxygen atoms in total. The van der Waals surface area contributed by atoms with Crippen LogP contribution in [-0.4, -0.2) is 49.4 Å². The monoisotopic (exact) mass is 227 g/mol. The second-order valence-electron chi connectivity index (χ2n) is 4.32. The van der Waals surface area contributed by atoms with E-state index in [1.807, 2.05) is 32.1 Å². The molecule has 0 amide bonds. The van der Waals surface area contributed by atoms with E-state index in [-0.39, 0.29) is 0 Å². The number of likely N-dealkylation sites (tertiary alicyclic amines) is 1. The Balaban J connectivity index is 0.000000244. The molecule has 0 aliphatic carbocycles. The maximum atomic E-state index is 4.03. The summed E-state index contributed by atoms with van der Waals surface area (Å²) in [5, 5.41) is 6.00. The topological polar surface area (TPSA) is 18.8 Å². The number of hydrazone groups is 1. The Morgan fingerprint density at radius 1 is 1.06 bits per heavy atom. The lowest BCUT2D eigenvalue weighted by molar-refractivity contribution is 0.277. The van der Waals surface area contributed by atoms with Gasteiger partial charge >= 0.3 is 0 Å². The van der Waals surface area contributed by atoms with E-state index in [1.54, 1.807) is 0 Å². The van der Waals surface area contributed by atoms with Crippen molar-refractivity contribution in [3.05, 3.63) is 0 Å². The Morgan fingerprint density at radius 2 is 1.62 bits per heavy atom. The summed E-state index contributed by atoms with van der Waals surface area (Å²) in [5.74, 6) is 0. The molecule has 0 aromatic rings. The molecular formula is C13H29N3. The van der Waals surface area contributed by atoms with Gasteiger partial charge in [0, 0.05) is 25.7 Å². The maximum Gasteiger partial charge on any atom is 0.0489 e. The molecule has 1 saturated heterocycles. The zero-order valence-corrected chi connectivity index (χ0v) is 11.7. The fourth-order valence-corrected chi connectivity index (χ4v) is 1.65. The second kappa shape index (κ2) is 9.64. The van der Waals surface area contributed by atoms with Crippen LogP contribution in [0.5, 0.6) is 0 Å². The third-order valence-electron chi connectivity index (χ3n) is 2.93. The van der Waals surface area contributed by atoms with Crippen molar-refractivity contribution in [2.24, 2.45) is 5.10 Å². The van der Waals surface area contributed by atoms with Crippen LogP contribution in [0.1, 0.15) is 46.5 Å². The van der Waals surface area contributed by atoms with Crippen LogP contribution in [0.15, 0.2) is 5.10 Å². The molecule has 1 fully saturated rings. The van der Waals surface area contributed by atoms with Crippen LogP contribution >= 0.6 is 0 Å². The Bertz CT molecular complexity index is 174. The van der Waals surface area contributed by atoms with E-state index in [0.29, 0.717) is 6.04 Å². The van der Waals surface area contributed by atoms with E-state index >= 15 is 0 Å². The SMILES string of the molecule is CC.CC1CC=NN1C.CN1CCCCC1. The minimum Gasteiger partial charge on any atom is -0.306 e. The van der Waals surface area contributed by atoms with Crippen molar-refractivity contribution >= 4 is 6.21 Å². The van der Waals surface area contributed by atoms with Gasteiger partial charge in [-0.3, -0.25) is 5.01 Å². The van der Waals surface area contributed by atoms with Gasteiger partial charge in [-0.1, -0.05) is 20.3 Å². The second-order valence-corrected chi connectivity index (χ2v) is 4.32. The van der Waals surface area contributed by atoms with Gasteiger partial charge in [0.15, 0.2) is 0 Å². The highest BCUT2D eigenvalue weighted by atomic mass is 15.5. The first-order chi connectivity index (χ1) is 7.70. The Kier molecular flexibility index (Phi) is 9.30. The van der Waals surface area contributed by atoms with E-state index in [0.717, 1.165) is 6.42 Å². The van der Waals surface area contributed by atoms with Crippen LogP contribution < -0.4 is 0 Å². The molecule has 0 aromatic carbocycles. The smallest absolute Gasteiger partial charge is 0.0489 e. The quantitative estimate of drug-likeness (QED) is 0.634. The molecule has 3 heteroatoms. The lowest BCUT2D eigenvalue weighted by Gasteiger charge is -2.20. The van der Waals surface area contributed by atoms with E-state index < -0.39 is 0 Å². The first-order valence-corrected chi connectivity index (χ1v) is 6.64. The molecule has 2 heterocycles. The third kappa shape index (κ3) is 6.83. The van der Waals surface area contributed by atoms with Crippen molar-refractivity contribution in [3.8, 4) is 0 Å². The summed E-state index contributed by atoms with van der Waals surface area (Å²) in [6.07, 6.45) is 7.33. The normalized spacial score (nSPS) is 24.3. The van der Waals surface area contributed by atoms with Gasteiger partial charge in [-0.2, -0.15) is 5.10 Å². The molecule has 96 valence electrons. The molecule has 2 aliphatic rings. The fourth-order valence-electron chi connectivity index (χ4n) is 1.65. The third-order valence-corrected chi connectivity index (χ3v) is 2.93. The van der Waals surface area contributed by atoms with Crippen LogP contribution in [0.4, 0.5) is 0 Å². The molecule has 0 aromatic heterocycles. The lowest BCUT2D eigenvalue weighted by atomic mass is 10.1. The fraction of sp³-hybridized carbons (Fsp3) is 0.923. The zero-order valence-electron chi connectivity index (χ0n) is 11.7. The zero-order chi connectivity index (χ0) is 12.4. The predicted molar refractivity (Wildman–Crippen MR) is 73.0 cm³/mol. The van der Waals surface area contributed by atoms with Crippen molar-refractivity contribution in [3.63, 3.8) is 0 Å². The molecule has 0 bridgehead atoms. The number of hydrogen-bond donors (Lipinski definition) is 0. The van der Waals surface area contributed by atoms with Crippen molar-refractivity contribution in [2.45, 2.75) is 52.5 Å². The predicted octanol–water partition coefficient (Wildman–Crippen LogP) is 2.82. The maximum absolute atomic E-state index is 4.03. The van der Waals surface area contributed by atoms with Crippen molar-refractivity contribution in [2.75, 3.05) is 27.2 Å². The standard InChI is InChI=1S/C6H13N.C5H10N2.C2H6/c1-7-5-3-2-4-6-7;1-5-3-4-6-7(5)2;1-2/h2-6H2,1H3;4-5H,3H2,1-2H3;1-2H3. The van der Waals surface area contributed by atoms with Gasteiger partial charge < -0.3 is 4.90 Å². The van der Waals surface area contributed by atoms with Crippen LogP contribution in [0, 0.1) is 0 Å². The highest BCUT2D eigenvalue weighted by molar-refractivity contribution is 5.59. The van der Waals surface area contributed by atoms with Crippen molar-refractivity contribution in [1.82, 2.24) is 9.91 Å². The van der Waals surface area contributed by atoms with Gasteiger partial charge in [0.25, 0.3) is 0 Å². The lowest BCUT2D eigenvalue weighted by Crippen LogP contribution is -2.24. The summed E-state index contributed by atoms with van der Waals surface area (Å²) >= 11 is 0. The number of nitrogens with zero attached hydrogens (tertiary/aromatic N) is 3. The van der Waals surface area contributed by atoms with E-state index in [9.17, 15) is 0 Å². The van der Waals surface area contributed by atoms with Gasteiger partial charge in [0.2, 0.25) is 0 Å². The largest absolute Gasteiger partial charge is 0.306 e. The molecule has 16 heavy (non-hydrogen) atoms. The average molecular weight is 227 g/mol. The summed E-state index contributed by atoms with van der Waals surface area (Å²) in [6, 6.07) is 0.625. The van der Waals surface area contributed by atoms with Crippen LogP contribution in [-0.2, 0) is 0 Å². The van der Waals surface area contributed by atoms with Gasteiger partial charge in [-0.05, 0) is 39.9 Å². The van der Waals surface area contributed by atoms with Crippen molar-refractivity contribution in [1.29, 1.82) is 0 Å². The Hall–Kier alpha value is -0.570. The average Bonchev–Trinajstić information content (AvgIpc) is 2.68. The van der Waals surface area contributed by atoms with Gasteiger partial charge in [-0.15, -0.1) is 0 Å². The van der Waals surface area contributed by atoms with Gasteiger partial charge in [0.1, 0.15) is 0 Å². The number of piperidine rings is 1. The first-order valence-electron chi connectivity index (χ1n) is 6.64. The summed E-state index contributed by atoms with van der Waals surface area (Å²) in [5.41, 5.74) is 0. The van der Waals surface area contributed by atoms with Crippen LogP contribution in [0.25, 0.3) is 0 Å². The Labute approximate surface area is 102 Å². The highest BCUT2D eigenvalue weighted by Gasteiger charge is 2.08. The molecular weight excluding hydrogens is 198 g/mol. The Morgan fingerprint density at radius 3 is 1.81 bits per heavy atom. The summed E-state index contributed by atoms with van der Waals surface area (Å²) in [6.45, 7) is 8.80. The van der Waals surface area contributed by atoms with Gasteiger partial charge in [0.05, 0.1) is 0 Å². The molecule has 0 radical (unpaired) electrons. The molecule has 0 N–H and O–H groups in total. The van der Waals surface area contributed by atoms with Crippen LogP contribution in [0.3, 0.4) is 0 Å². The summed E-state index contributed by atoms with van der Waals surface area (Å²) < 4.78 is 0. The number of hydrogen-bond acceptors (Lipinski definition) is 3. The molecule has 0 spiro atoms. The van der Waals surface area contributed by atoms with E-state index in [2.05, 4.69) is 24.0 Å². The molecule has 2 aliphatic heterocycles. The summed E-state index contributed by atoms with van der Waals surface area (Å²) in [4.78, 5) is 2.39. The summed E-state index contributed by atoms with van der Waals surface area (Å²) in [7, 11) is 4.19. The minimum absolute atomic E-state index is 0.625. The van der Waals surface area contributed by atoms with E-state index in [4.69, 9.17) is 0 Å². The first kappa shape index (κ1) is 15.4. The molecule has 0 saturated carbocycles. The van der Waals surface area contributed by atoms with Crippen molar-refractivity contribution < 1.29 is 0 Å². The minimum atomic E-state index is 0.625. The van der Waals surface area contributed by atoms with E-state index in [1.165, 1.54) is 32.4 Å². The molecule has 1 atom stereocenters. The van der Waals surface area contributed by atoms with Crippen LogP contribution in [0.2, 0.25) is 0 Å². The highest BCUT2D eigenvalue weighted by Crippen LogP contribution is 2.05. The molecule has 1 unspecified atom stereocenters. The molecule has 2 rings (SSSR count). The van der Waals surface area contributed by atoms with Gasteiger partial charge in [-0.25, -0.2) is 0 Å². The number of rotatable bonds is 0.